The highest BCUT2D eigenvalue weighted by molar-refractivity contribution is 9.11. The van der Waals surface area contributed by atoms with E-state index in [4.69, 9.17) is 5.73 Å². The lowest BCUT2D eigenvalue weighted by atomic mass is 9.99. The minimum atomic E-state index is 0.562. The van der Waals surface area contributed by atoms with Crippen LogP contribution in [0.25, 0.3) is 10.7 Å². The van der Waals surface area contributed by atoms with Crippen molar-refractivity contribution in [2.45, 2.75) is 12.8 Å². The van der Waals surface area contributed by atoms with Gasteiger partial charge in [0.25, 0.3) is 0 Å². The summed E-state index contributed by atoms with van der Waals surface area (Å²) in [6.45, 7) is 2.72. The van der Waals surface area contributed by atoms with Crippen LogP contribution in [-0.2, 0) is 0 Å². The van der Waals surface area contributed by atoms with Crippen molar-refractivity contribution >= 4 is 33.2 Å². The van der Waals surface area contributed by atoms with E-state index in [2.05, 4.69) is 36.0 Å². The van der Waals surface area contributed by atoms with Gasteiger partial charge in [0.05, 0.1) is 8.66 Å². The van der Waals surface area contributed by atoms with Crippen LogP contribution in [0.2, 0.25) is 0 Å². The quantitative estimate of drug-likeness (QED) is 0.899. The maximum atomic E-state index is 5.76. The fourth-order valence-corrected chi connectivity index (χ4v) is 3.71. The number of thiophene rings is 1. The summed E-state index contributed by atoms with van der Waals surface area (Å²) in [5.74, 6) is 2.19. The first-order valence-electron chi connectivity index (χ1n) is 6.39. The van der Waals surface area contributed by atoms with E-state index in [-0.39, 0.29) is 0 Å². The van der Waals surface area contributed by atoms with Crippen LogP contribution in [-0.4, -0.2) is 34.8 Å². The molecule has 0 aromatic carbocycles. The van der Waals surface area contributed by atoms with E-state index in [1.54, 1.807) is 11.3 Å². The lowest BCUT2D eigenvalue weighted by molar-refractivity contribution is 0.420. The minimum Gasteiger partial charge on any atom is -0.339 e. The van der Waals surface area contributed by atoms with Crippen LogP contribution in [0.1, 0.15) is 12.8 Å². The number of aromatic amines is 1. The number of nitrogens with one attached hydrogen (secondary N) is 1. The standard InChI is InChI=1S/C12H16BrN5S/c13-10-4-3-9(19-10)11-15-12(17-16-11)18-5-1-2-8(6-14)7-18/h3-4,8H,1-2,5-7,14H2,(H,15,16,17). The molecular weight excluding hydrogens is 326 g/mol. The largest absolute Gasteiger partial charge is 0.339 e. The van der Waals surface area contributed by atoms with Crippen molar-refractivity contribution in [1.82, 2.24) is 15.2 Å². The molecule has 3 heterocycles. The Kier molecular flexibility index (Phi) is 3.86. The van der Waals surface area contributed by atoms with E-state index in [0.717, 1.165) is 46.5 Å². The van der Waals surface area contributed by atoms with Gasteiger partial charge in [-0.2, -0.15) is 4.98 Å². The predicted octanol–water partition coefficient (Wildman–Crippen LogP) is 2.47. The Morgan fingerprint density at radius 3 is 3.16 bits per heavy atom. The number of H-pyrrole nitrogens is 1. The predicted molar refractivity (Wildman–Crippen MR) is 81.4 cm³/mol. The van der Waals surface area contributed by atoms with E-state index in [1.165, 1.54) is 6.42 Å². The Balaban J connectivity index is 1.77. The molecule has 0 bridgehead atoms. The molecule has 1 aliphatic heterocycles. The minimum absolute atomic E-state index is 0.562. The third-order valence-electron chi connectivity index (χ3n) is 3.42. The van der Waals surface area contributed by atoms with Gasteiger partial charge in [0, 0.05) is 13.1 Å². The Morgan fingerprint density at radius 2 is 2.42 bits per heavy atom. The molecule has 2 aromatic rings. The average molecular weight is 342 g/mol. The van der Waals surface area contributed by atoms with Crippen molar-refractivity contribution in [1.29, 1.82) is 0 Å². The van der Waals surface area contributed by atoms with Gasteiger partial charge >= 0.3 is 0 Å². The smallest absolute Gasteiger partial charge is 0.245 e. The molecule has 1 aliphatic rings. The second kappa shape index (κ2) is 5.60. The van der Waals surface area contributed by atoms with Crippen LogP contribution >= 0.6 is 27.3 Å². The van der Waals surface area contributed by atoms with Gasteiger partial charge in [-0.3, -0.25) is 5.10 Å². The monoisotopic (exact) mass is 341 g/mol. The molecule has 0 radical (unpaired) electrons. The Labute approximate surface area is 124 Å². The van der Waals surface area contributed by atoms with Crippen LogP contribution in [0.3, 0.4) is 0 Å². The number of halogens is 1. The van der Waals surface area contributed by atoms with Crippen LogP contribution < -0.4 is 10.6 Å². The van der Waals surface area contributed by atoms with Crippen LogP contribution in [0.5, 0.6) is 0 Å². The van der Waals surface area contributed by atoms with E-state index >= 15 is 0 Å². The first kappa shape index (κ1) is 13.1. The van der Waals surface area contributed by atoms with Crippen molar-refractivity contribution in [2.24, 2.45) is 11.7 Å². The van der Waals surface area contributed by atoms with Gasteiger partial charge < -0.3 is 10.6 Å². The molecule has 102 valence electrons. The van der Waals surface area contributed by atoms with Crippen molar-refractivity contribution < 1.29 is 0 Å². The van der Waals surface area contributed by atoms with Gasteiger partial charge in [0.2, 0.25) is 5.95 Å². The SMILES string of the molecule is NCC1CCCN(c2n[nH]c(-c3ccc(Br)s3)n2)C1. The molecule has 7 heteroatoms. The van der Waals surface area contributed by atoms with Gasteiger partial charge in [-0.05, 0) is 53.4 Å². The van der Waals surface area contributed by atoms with E-state index in [1.807, 2.05) is 12.1 Å². The summed E-state index contributed by atoms with van der Waals surface area (Å²) in [7, 11) is 0. The fourth-order valence-electron chi connectivity index (χ4n) is 2.39. The Bertz CT molecular complexity index is 552. The number of aromatic nitrogens is 3. The van der Waals surface area contributed by atoms with Gasteiger partial charge in [0.1, 0.15) is 0 Å². The van der Waals surface area contributed by atoms with Crippen molar-refractivity contribution in [3.05, 3.63) is 15.9 Å². The average Bonchev–Trinajstić information content (AvgIpc) is 3.07. The lowest BCUT2D eigenvalue weighted by Gasteiger charge is -2.31. The number of rotatable bonds is 3. The normalized spacial score (nSPS) is 19.9. The molecule has 0 aliphatic carbocycles. The van der Waals surface area contributed by atoms with Crippen LogP contribution in [0.15, 0.2) is 15.9 Å². The second-order valence-electron chi connectivity index (χ2n) is 4.78. The maximum Gasteiger partial charge on any atom is 0.245 e. The van der Waals surface area contributed by atoms with Gasteiger partial charge in [-0.1, -0.05) is 0 Å². The molecular formula is C12H16BrN5S. The zero-order chi connectivity index (χ0) is 13.2. The molecule has 0 saturated carbocycles. The van der Waals surface area contributed by atoms with Crippen molar-refractivity contribution in [2.75, 3.05) is 24.5 Å². The van der Waals surface area contributed by atoms with E-state index < -0.39 is 0 Å². The number of nitrogens with two attached hydrogens (primary N) is 1. The summed E-state index contributed by atoms with van der Waals surface area (Å²) in [5, 5.41) is 7.36. The van der Waals surface area contributed by atoms with Crippen molar-refractivity contribution in [3.8, 4) is 10.7 Å². The summed E-state index contributed by atoms with van der Waals surface area (Å²) in [6.07, 6.45) is 2.37. The number of hydrogen-bond acceptors (Lipinski definition) is 5. The Morgan fingerprint density at radius 1 is 1.53 bits per heavy atom. The molecule has 1 saturated heterocycles. The molecule has 3 N–H and O–H groups in total. The number of anilines is 1. The Hall–Kier alpha value is -0.920. The fraction of sp³-hybridized carbons (Fsp3) is 0.500. The summed E-state index contributed by atoms with van der Waals surface area (Å²) < 4.78 is 1.10. The third-order valence-corrected chi connectivity index (χ3v) is 5.05. The van der Waals surface area contributed by atoms with Crippen LogP contribution in [0, 0.1) is 5.92 Å². The maximum absolute atomic E-state index is 5.76. The molecule has 1 unspecified atom stereocenters. The first-order valence-corrected chi connectivity index (χ1v) is 8.00. The van der Waals surface area contributed by atoms with Crippen molar-refractivity contribution in [3.63, 3.8) is 0 Å². The lowest BCUT2D eigenvalue weighted by Crippen LogP contribution is -2.38. The molecule has 1 fully saturated rings. The van der Waals surface area contributed by atoms with Crippen LogP contribution in [0.4, 0.5) is 5.95 Å². The molecule has 0 spiro atoms. The molecule has 0 amide bonds. The number of piperidine rings is 1. The number of nitrogens with zero attached hydrogens (tertiary/aromatic N) is 3. The highest BCUT2D eigenvalue weighted by atomic mass is 79.9. The first-order chi connectivity index (χ1) is 9.26. The summed E-state index contributed by atoms with van der Waals surface area (Å²) in [6, 6.07) is 4.06. The highest BCUT2D eigenvalue weighted by Gasteiger charge is 2.22. The van der Waals surface area contributed by atoms with Gasteiger partial charge in [-0.25, -0.2) is 0 Å². The molecule has 1 atom stereocenters. The topological polar surface area (TPSA) is 70.8 Å². The zero-order valence-corrected chi connectivity index (χ0v) is 12.9. The third kappa shape index (κ3) is 2.82. The summed E-state index contributed by atoms with van der Waals surface area (Å²) in [5.41, 5.74) is 5.76. The number of hydrogen-bond donors (Lipinski definition) is 2. The molecule has 19 heavy (non-hydrogen) atoms. The summed E-state index contributed by atoms with van der Waals surface area (Å²) >= 11 is 5.11. The molecule has 2 aromatic heterocycles. The molecule has 3 rings (SSSR count). The van der Waals surface area contributed by atoms with Gasteiger partial charge in [-0.15, -0.1) is 16.4 Å². The van der Waals surface area contributed by atoms with E-state index in [9.17, 15) is 0 Å². The summed E-state index contributed by atoms with van der Waals surface area (Å²) in [4.78, 5) is 7.92. The van der Waals surface area contributed by atoms with Gasteiger partial charge in [0.15, 0.2) is 5.82 Å². The molecule has 5 nitrogen and oxygen atoms in total. The van der Waals surface area contributed by atoms with E-state index in [0.29, 0.717) is 5.92 Å². The highest BCUT2D eigenvalue weighted by Crippen LogP contribution is 2.30. The second-order valence-corrected chi connectivity index (χ2v) is 7.24. The zero-order valence-electron chi connectivity index (χ0n) is 10.5.